The molecule has 0 heterocycles. The zero-order valence-corrected chi connectivity index (χ0v) is 5.64. The molecule has 1 aromatic rings. The first-order chi connectivity index (χ1) is 5.34. The Morgan fingerprint density at radius 1 is 1.36 bits per heavy atom. The van der Waals surface area contributed by atoms with E-state index in [9.17, 15) is 4.91 Å². The van der Waals surface area contributed by atoms with Crippen LogP contribution in [0.15, 0.2) is 35.6 Å². The summed E-state index contributed by atoms with van der Waals surface area (Å²) in [4.78, 5) is 9.63. The monoisotopic (exact) mass is 153 g/mol. The van der Waals surface area contributed by atoms with E-state index in [2.05, 4.69) is 5.29 Å². The Morgan fingerprint density at radius 3 is 2.55 bits per heavy atom. The maximum absolute atomic E-state index is 9.63. The fraction of sp³-hybridized carbons (Fsp3) is 0. The Hall–Kier alpha value is -1.62. The third kappa shape index (κ3) is 1.91. The highest BCUT2D eigenvalue weighted by molar-refractivity contribution is 5.41. The summed E-state index contributed by atoms with van der Waals surface area (Å²) in [5.41, 5.74) is 2.27. The van der Waals surface area contributed by atoms with Gasteiger partial charge in [0.2, 0.25) is 0 Å². The smallest absolute Gasteiger partial charge is 0.0893 e. The molecule has 58 valence electrons. The number of rotatable bonds is 3. The predicted octanol–water partition coefficient (Wildman–Crippen LogP) is 1.07. The summed E-state index contributed by atoms with van der Waals surface area (Å²) in [6.07, 6.45) is 0. The first kappa shape index (κ1) is 7.49. The van der Waals surface area contributed by atoms with Crippen molar-refractivity contribution in [1.29, 1.82) is 0 Å². The van der Waals surface area contributed by atoms with Gasteiger partial charge in [-0.05, 0) is 12.1 Å². The summed E-state index contributed by atoms with van der Waals surface area (Å²) in [7, 11) is 0. The lowest BCUT2D eigenvalue weighted by molar-refractivity contribution is 0.213. The number of nitrogens with one attached hydrogen (secondary N) is 1. The second-order valence-corrected chi connectivity index (χ2v) is 1.84. The molecule has 1 rings (SSSR count). The van der Waals surface area contributed by atoms with Crippen LogP contribution in [-0.2, 0) is 0 Å². The van der Waals surface area contributed by atoms with Crippen molar-refractivity contribution in [3.63, 3.8) is 0 Å². The van der Waals surface area contributed by atoms with Gasteiger partial charge in [-0.25, -0.2) is 0 Å². The van der Waals surface area contributed by atoms with Gasteiger partial charge in [0.25, 0.3) is 0 Å². The van der Waals surface area contributed by atoms with E-state index < -0.39 is 0 Å². The van der Waals surface area contributed by atoms with Crippen molar-refractivity contribution >= 4 is 5.69 Å². The Morgan fingerprint density at radius 2 is 2.00 bits per heavy atom. The van der Waals surface area contributed by atoms with Gasteiger partial charge in [0.15, 0.2) is 0 Å². The molecule has 0 atom stereocenters. The maximum atomic E-state index is 9.63. The van der Waals surface area contributed by atoms with Crippen LogP contribution in [0.5, 0.6) is 0 Å². The summed E-state index contributed by atoms with van der Waals surface area (Å²) in [5, 5.41) is 11.8. The predicted molar refractivity (Wildman–Crippen MR) is 39.6 cm³/mol. The minimum atomic E-state index is 0.451. The molecule has 5 nitrogen and oxygen atoms in total. The second kappa shape index (κ2) is 3.52. The zero-order valence-electron chi connectivity index (χ0n) is 5.64. The summed E-state index contributed by atoms with van der Waals surface area (Å²) >= 11 is 0. The molecule has 0 fully saturated rings. The number of benzene rings is 1. The molecule has 5 heteroatoms. The van der Waals surface area contributed by atoms with E-state index in [1.54, 1.807) is 30.3 Å². The molecule has 0 unspecified atom stereocenters. The molecule has 0 aliphatic rings. The summed E-state index contributed by atoms with van der Waals surface area (Å²) in [6.45, 7) is 0. The van der Waals surface area contributed by atoms with Crippen molar-refractivity contribution in [2.24, 2.45) is 5.29 Å². The van der Waals surface area contributed by atoms with Gasteiger partial charge in [0.05, 0.1) is 11.0 Å². The third-order valence-corrected chi connectivity index (χ3v) is 1.14. The minimum absolute atomic E-state index is 0.451. The van der Waals surface area contributed by atoms with E-state index in [0.717, 1.165) is 0 Å². The van der Waals surface area contributed by atoms with Crippen molar-refractivity contribution in [3.05, 3.63) is 35.2 Å². The quantitative estimate of drug-likeness (QED) is 0.503. The SMILES string of the molecule is O=NNN(O)c1ccccc1. The normalized spacial score (nSPS) is 8.82. The lowest BCUT2D eigenvalue weighted by Crippen LogP contribution is -2.29. The van der Waals surface area contributed by atoms with E-state index in [1.807, 2.05) is 5.53 Å². The Bertz CT molecular complexity index is 227. The molecule has 0 amide bonds. The fourth-order valence-electron chi connectivity index (χ4n) is 0.666. The number of nitroso groups, excluding NO2 is 1. The number of para-hydroxylation sites is 1. The zero-order chi connectivity index (χ0) is 8.10. The summed E-state index contributed by atoms with van der Waals surface area (Å²) in [5.74, 6) is 0. The van der Waals surface area contributed by atoms with Gasteiger partial charge in [0, 0.05) is 0 Å². The standard InChI is InChI=1S/C6H7N3O2/c10-8-7-9(11)6-4-2-1-3-5-6/h1-5,11H,(H,7,10). The molecular weight excluding hydrogens is 146 g/mol. The Kier molecular flexibility index (Phi) is 2.40. The van der Waals surface area contributed by atoms with Gasteiger partial charge in [-0.2, -0.15) is 5.53 Å². The van der Waals surface area contributed by atoms with Gasteiger partial charge in [-0.15, -0.1) is 10.1 Å². The van der Waals surface area contributed by atoms with Crippen LogP contribution < -0.4 is 10.7 Å². The van der Waals surface area contributed by atoms with Crippen molar-refractivity contribution in [2.75, 3.05) is 5.17 Å². The van der Waals surface area contributed by atoms with E-state index in [-0.39, 0.29) is 0 Å². The molecule has 0 saturated heterocycles. The van der Waals surface area contributed by atoms with Crippen LogP contribution >= 0.6 is 0 Å². The Labute approximate surface area is 63.1 Å². The Balaban J connectivity index is 2.68. The average Bonchev–Trinajstić information content (AvgIpc) is 2.07. The van der Waals surface area contributed by atoms with Gasteiger partial charge in [-0.3, -0.25) is 5.21 Å². The van der Waals surface area contributed by atoms with Gasteiger partial charge < -0.3 is 0 Å². The van der Waals surface area contributed by atoms with Crippen molar-refractivity contribution < 1.29 is 5.21 Å². The maximum Gasteiger partial charge on any atom is 0.0893 e. The van der Waals surface area contributed by atoms with Crippen molar-refractivity contribution in [3.8, 4) is 0 Å². The third-order valence-electron chi connectivity index (χ3n) is 1.14. The largest absolute Gasteiger partial charge is 0.268 e. The molecule has 0 saturated carbocycles. The van der Waals surface area contributed by atoms with Gasteiger partial charge in [0.1, 0.15) is 0 Å². The first-order valence-electron chi connectivity index (χ1n) is 2.96. The van der Waals surface area contributed by atoms with Crippen molar-refractivity contribution in [2.45, 2.75) is 0 Å². The molecule has 0 aliphatic carbocycles. The molecule has 2 N–H and O–H groups in total. The number of anilines is 1. The van der Waals surface area contributed by atoms with Crippen LogP contribution in [0.3, 0.4) is 0 Å². The van der Waals surface area contributed by atoms with Crippen LogP contribution in [0.1, 0.15) is 0 Å². The summed E-state index contributed by atoms with van der Waals surface area (Å²) in [6, 6.07) is 8.50. The molecule has 11 heavy (non-hydrogen) atoms. The molecule has 1 aromatic carbocycles. The van der Waals surface area contributed by atoms with Crippen LogP contribution in [0.2, 0.25) is 0 Å². The topological polar surface area (TPSA) is 64.9 Å². The van der Waals surface area contributed by atoms with Crippen molar-refractivity contribution in [1.82, 2.24) is 5.53 Å². The number of hydrogen-bond donors (Lipinski definition) is 2. The molecular formula is C6H7N3O2. The molecule has 0 spiro atoms. The lowest BCUT2D eigenvalue weighted by atomic mass is 10.3. The van der Waals surface area contributed by atoms with Crippen LogP contribution in [0.25, 0.3) is 0 Å². The second-order valence-electron chi connectivity index (χ2n) is 1.84. The van der Waals surface area contributed by atoms with E-state index in [4.69, 9.17) is 5.21 Å². The van der Waals surface area contributed by atoms with E-state index >= 15 is 0 Å². The van der Waals surface area contributed by atoms with E-state index in [0.29, 0.717) is 10.9 Å². The first-order valence-corrected chi connectivity index (χ1v) is 2.96. The van der Waals surface area contributed by atoms with Gasteiger partial charge in [-0.1, -0.05) is 18.2 Å². The number of nitrogens with zero attached hydrogens (tertiary/aromatic N) is 2. The highest BCUT2D eigenvalue weighted by atomic mass is 16.6. The molecule has 0 bridgehead atoms. The minimum Gasteiger partial charge on any atom is -0.268 e. The number of hydrazine groups is 1. The highest BCUT2D eigenvalue weighted by Crippen LogP contribution is 2.07. The average molecular weight is 153 g/mol. The molecule has 0 aliphatic heterocycles. The fourth-order valence-corrected chi connectivity index (χ4v) is 0.666. The number of hydrogen-bond acceptors (Lipinski definition) is 4. The highest BCUT2D eigenvalue weighted by Gasteiger charge is 1.97. The molecule has 0 aromatic heterocycles. The van der Waals surface area contributed by atoms with E-state index in [1.165, 1.54) is 0 Å². The van der Waals surface area contributed by atoms with Crippen LogP contribution in [-0.4, -0.2) is 5.21 Å². The van der Waals surface area contributed by atoms with Gasteiger partial charge >= 0.3 is 0 Å². The lowest BCUT2D eigenvalue weighted by Gasteiger charge is -2.11. The van der Waals surface area contributed by atoms with Crippen LogP contribution in [0, 0.1) is 4.91 Å². The molecule has 0 radical (unpaired) electrons. The summed E-state index contributed by atoms with van der Waals surface area (Å²) < 4.78 is 0. The van der Waals surface area contributed by atoms with Crippen LogP contribution in [0.4, 0.5) is 5.69 Å².